The molecule has 3 rings (SSSR count). The number of piperidine rings is 2. The lowest BCUT2D eigenvalue weighted by molar-refractivity contribution is -0.143. The fraction of sp³-hybridized carbons (Fsp3) is 0.667. The van der Waals surface area contributed by atoms with E-state index in [2.05, 4.69) is 55.3 Å². The number of hydrogen-bond acceptors (Lipinski definition) is 3. The molecule has 2 aliphatic rings. The second-order valence-electron chi connectivity index (χ2n) is 9.00. The van der Waals surface area contributed by atoms with Crippen LogP contribution in [0, 0.1) is 18.8 Å². The quantitative estimate of drug-likeness (QED) is 0.796. The molecule has 0 unspecified atom stereocenters. The predicted molar refractivity (Wildman–Crippen MR) is 116 cm³/mol. The number of aryl methyl sites for hydroxylation is 1. The van der Waals surface area contributed by atoms with E-state index < -0.39 is 0 Å². The van der Waals surface area contributed by atoms with E-state index in [-0.39, 0.29) is 23.8 Å². The van der Waals surface area contributed by atoms with Crippen molar-refractivity contribution in [3.63, 3.8) is 0 Å². The van der Waals surface area contributed by atoms with Crippen molar-refractivity contribution in [2.45, 2.75) is 65.5 Å². The smallest absolute Gasteiger partial charge is 0.225 e. The molecule has 2 saturated heterocycles. The normalized spacial score (nSPS) is 24.2. The van der Waals surface area contributed by atoms with Crippen LogP contribution in [0.25, 0.3) is 0 Å². The maximum Gasteiger partial charge on any atom is 0.225 e. The Morgan fingerprint density at radius 3 is 2.38 bits per heavy atom. The highest BCUT2D eigenvalue weighted by atomic mass is 16.2. The summed E-state index contributed by atoms with van der Waals surface area (Å²) in [4.78, 5) is 30.1. The molecule has 0 aliphatic carbocycles. The van der Waals surface area contributed by atoms with Gasteiger partial charge < -0.3 is 15.1 Å². The molecule has 5 heteroatoms. The molecule has 2 aliphatic heterocycles. The van der Waals surface area contributed by atoms with Crippen LogP contribution < -0.4 is 5.32 Å². The predicted octanol–water partition coefficient (Wildman–Crippen LogP) is 3.53. The zero-order chi connectivity index (χ0) is 21.0. The van der Waals surface area contributed by atoms with Crippen molar-refractivity contribution in [1.82, 2.24) is 15.1 Å². The fourth-order valence-electron chi connectivity index (χ4n) is 4.83. The molecule has 2 heterocycles. The van der Waals surface area contributed by atoms with Gasteiger partial charge in [-0.25, -0.2) is 0 Å². The SMILES string of the molecule is CCN1C(=O)CC[C@@H](C(=O)NCC2CCN(C(C)C)CC2)[C@@H]1c1ccc(C)cc1. The van der Waals surface area contributed by atoms with Crippen molar-refractivity contribution in [3.8, 4) is 0 Å². The van der Waals surface area contributed by atoms with Gasteiger partial charge in [-0.2, -0.15) is 0 Å². The Labute approximate surface area is 175 Å². The Morgan fingerprint density at radius 1 is 1.14 bits per heavy atom. The van der Waals surface area contributed by atoms with Gasteiger partial charge in [-0.1, -0.05) is 29.8 Å². The Hall–Kier alpha value is -1.88. The van der Waals surface area contributed by atoms with Gasteiger partial charge in [0.2, 0.25) is 11.8 Å². The van der Waals surface area contributed by atoms with Gasteiger partial charge in [-0.05, 0) is 71.5 Å². The van der Waals surface area contributed by atoms with Gasteiger partial charge in [-0.3, -0.25) is 9.59 Å². The van der Waals surface area contributed by atoms with Crippen molar-refractivity contribution < 1.29 is 9.59 Å². The summed E-state index contributed by atoms with van der Waals surface area (Å²) in [5, 5.41) is 3.24. The topological polar surface area (TPSA) is 52.7 Å². The van der Waals surface area contributed by atoms with Gasteiger partial charge in [0.05, 0.1) is 12.0 Å². The van der Waals surface area contributed by atoms with Crippen LogP contribution in [-0.4, -0.2) is 53.8 Å². The highest BCUT2D eigenvalue weighted by Crippen LogP contribution is 2.37. The van der Waals surface area contributed by atoms with E-state index in [1.165, 1.54) is 5.56 Å². The van der Waals surface area contributed by atoms with Crippen LogP contribution in [-0.2, 0) is 9.59 Å². The van der Waals surface area contributed by atoms with Gasteiger partial charge >= 0.3 is 0 Å². The largest absolute Gasteiger partial charge is 0.356 e. The van der Waals surface area contributed by atoms with Crippen LogP contribution in [0.5, 0.6) is 0 Å². The first-order valence-electron chi connectivity index (χ1n) is 11.3. The summed E-state index contributed by atoms with van der Waals surface area (Å²) in [5.74, 6) is 0.640. The zero-order valence-electron chi connectivity index (χ0n) is 18.5. The molecule has 29 heavy (non-hydrogen) atoms. The zero-order valence-corrected chi connectivity index (χ0v) is 18.5. The third-order valence-electron chi connectivity index (χ3n) is 6.75. The average Bonchev–Trinajstić information content (AvgIpc) is 2.72. The summed E-state index contributed by atoms with van der Waals surface area (Å²) in [7, 11) is 0. The minimum atomic E-state index is -0.175. The average molecular weight is 400 g/mol. The minimum Gasteiger partial charge on any atom is -0.356 e. The maximum atomic E-state index is 13.2. The highest BCUT2D eigenvalue weighted by Gasteiger charge is 2.40. The third-order valence-corrected chi connectivity index (χ3v) is 6.75. The Balaban J connectivity index is 1.65. The number of likely N-dealkylation sites (tertiary alicyclic amines) is 2. The molecule has 0 spiro atoms. The summed E-state index contributed by atoms with van der Waals surface area (Å²) < 4.78 is 0. The van der Waals surface area contributed by atoms with E-state index >= 15 is 0 Å². The fourth-order valence-corrected chi connectivity index (χ4v) is 4.83. The maximum absolute atomic E-state index is 13.2. The van der Waals surface area contributed by atoms with E-state index in [1.807, 2.05) is 11.8 Å². The minimum absolute atomic E-state index is 0.104. The molecule has 2 amide bonds. The first kappa shape index (κ1) is 21.8. The van der Waals surface area contributed by atoms with Crippen molar-refractivity contribution in [1.29, 1.82) is 0 Å². The molecule has 160 valence electrons. The van der Waals surface area contributed by atoms with Crippen LogP contribution in [0.2, 0.25) is 0 Å². The van der Waals surface area contributed by atoms with Gasteiger partial charge in [0, 0.05) is 25.6 Å². The van der Waals surface area contributed by atoms with E-state index in [0.29, 0.717) is 31.3 Å². The summed E-state index contributed by atoms with van der Waals surface area (Å²) in [6, 6.07) is 8.72. The number of nitrogens with zero attached hydrogens (tertiary/aromatic N) is 2. The second-order valence-corrected chi connectivity index (χ2v) is 9.00. The van der Waals surface area contributed by atoms with Crippen molar-refractivity contribution in [3.05, 3.63) is 35.4 Å². The van der Waals surface area contributed by atoms with Gasteiger partial charge in [0.1, 0.15) is 0 Å². The number of rotatable bonds is 6. The lowest BCUT2D eigenvalue weighted by Crippen LogP contribution is -2.49. The first-order valence-corrected chi connectivity index (χ1v) is 11.3. The number of carbonyl (C=O) groups excluding carboxylic acids is 2. The molecule has 0 bridgehead atoms. The van der Waals surface area contributed by atoms with Crippen LogP contribution in [0.1, 0.15) is 63.6 Å². The Kier molecular flexibility index (Phi) is 7.33. The van der Waals surface area contributed by atoms with Crippen LogP contribution >= 0.6 is 0 Å². The van der Waals surface area contributed by atoms with Crippen molar-refractivity contribution in [2.75, 3.05) is 26.2 Å². The molecule has 2 atom stereocenters. The lowest BCUT2D eigenvalue weighted by atomic mass is 9.83. The Bertz CT molecular complexity index is 693. The molecule has 5 nitrogen and oxygen atoms in total. The molecule has 1 N–H and O–H groups in total. The van der Waals surface area contributed by atoms with Crippen LogP contribution in [0.15, 0.2) is 24.3 Å². The van der Waals surface area contributed by atoms with Crippen LogP contribution in [0.4, 0.5) is 0 Å². The summed E-state index contributed by atoms with van der Waals surface area (Å²) >= 11 is 0. The number of amides is 2. The lowest BCUT2D eigenvalue weighted by Gasteiger charge is -2.40. The molecule has 0 aromatic heterocycles. The number of carbonyl (C=O) groups is 2. The highest BCUT2D eigenvalue weighted by molar-refractivity contribution is 5.85. The summed E-state index contributed by atoms with van der Waals surface area (Å²) in [6.45, 7) is 12.2. The molecular formula is C24H37N3O2. The van der Waals surface area contributed by atoms with E-state index in [0.717, 1.165) is 38.0 Å². The van der Waals surface area contributed by atoms with Crippen LogP contribution in [0.3, 0.4) is 0 Å². The molecule has 1 aromatic rings. The molecule has 0 saturated carbocycles. The molecule has 2 fully saturated rings. The van der Waals surface area contributed by atoms with Gasteiger partial charge in [-0.15, -0.1) is 0 Å². The second kappa shape index (κ2) is 9.75. The summed E-state index contributed by atoms with van der Waals surface area (Å²) in [5.41, 5.74) is 2.25. The van der Waals surface area contributed by atoms with Crippen molar-refractivity contribution in [2.24, 2.45) is 11.8 Å². The van der Waals surface area contributed by atoms with E-state index in [4.69, 9.17) is 0 Å². The number of benzene rings is 1. The summed E-state index contributed by atoms with van der Waals surface area (Å²) in [6.07, 6.45) is 3.38. The van der Waals surface area contributed by atoms with Gasteiger partial charge in [0.25, 0.3) is 0 Å². The number of hydrogen-bond donors (Lipinski definition) is 1. The van der Waals surface area contributed by atoms with E-state index in [9.17, 15) is 9.59 Å². The standard InChI is InChI=1S/C24H37N3O2/c1-5-27-22(28)11-10-21(23(27)20-8-6-18(4)7-9-20)24(29)25-16-19-12-14-26(15-13-19)17(2)3/h6-9,17,19,21,23H,5,10-16H2,1-4H3,(H,25,29)/t21-,23+/m1/s1. The molecule has 1 aromatic carbocycles. The number of nitrogens with one attached hydrogen (secondary N) is 1. The van der Waals surface area contributed by atoms with E-state index in [1.54, 1.807) is 0 Å². The monoisotopic (exact) mass is 399 g/mol. The molecular weight excluding hydrogens is 362 g/mol. The molecule has 0 radical (unpaired) electrons. The Morgan fingerprint density at radius 2 is 1.79 bits per heavy atom. The first-order chi connectivity index (χ1) is 13.9. The van der Waals surface area contributed by atoms with Gasteiger partial charge in [0.15, 0.2) is 0 Å². The van der Waals surface area contributed by atoms with Crippen molar-refractivity contribution >= 4 is 11.8 Å². The third kappa shape index (κ3) is 5.19.